The molecule has 1 fully saturated rings. The Hall–Kier alpha value is -3.14. The molecule has 0 atom stereocenters. The van der Waals surface area contributed by atoms with Crippen molar-refractivity contribution < 1.29 is 5.11 Å². The van der Waals surface area contributed by atoms with E-state index in [1.54, 1.807) is 25.4 Å². The van der Waals surface area contributed by atoms with Gasteiger partial charge in [-0.15, -0.1) is 20.4 Å². The predicted octanol–water partition coefficient (Wildman–Crippen LogP) is 2.18. The summed E-state index contributed by atoms with van der Waals surface area (Å²) < 4.78 is 0. The van der Waals surface area contributed by atoms with Crippen LogP contribution in [0.4, 0.5) is 5.95 Å². The predicted molar refractivity (Wildman–Crippen MR) is 117 cm³/mol. The van der Waals surface area contributed by atoms with E-state index >= 15 is 0 Å². The van der Waals surface area contributed by atoms with Gasteiger partial charge >= 0.3 is 0 Å². The molecule has 31 heavy (non-hydrogen) atoms. The van der Waals surface area contributed by atoms with Crippen molar-refractivity contribution in [3.05, 3.63) is 24.4 Å². The molecule has 0 saturated carbocycles. The Bertz CT molecular complexity index is 1060. The lowest BCUT2D eigenvalue weighted by Crippen LogP contribution is -2.62. The van der Waals surface area contributed by atoms with Crippen molar-refractivity contribution in [1.82, 2.24) is 40.7 Å². The van der Waals surface area contributed by atoms with Crippen molar-refractivity contribution in [3.8, 4) is 28.4 Å². The lowest BCUT2D eigenvalue weighted by atomic mass is 9.79. The van der Waals surface area contributed by atoms with E-state index in [-0.39, 0.29) is 16.8 Å². The number of rotatable bonds is 4. The van der Waals surface area contributed by atoms with Crippen molar-refractivity contribution >= 4 is 5.95 Å². The molecule has 0 spiro atoms. The van der Waals surface area contributed by atoms with Crippen LogP contribution in [-0.2, 0) is 7.05 Å². The first-order chi connectivity index (χ1) is 14.5. The number of hydrogen-bond donors (Lipinski definition) is 2. The second kappa shape index (κ2) is 7.52. The Morgan fingerprint density at radius 2 is 1.81 bits per heavy atom. The van der Waals surface area contributed by atoms with E-state index in [0.717, 1.165) is 12.8 Å². The Labute approximate surface area is 181 Å². The third-order valence-electron chi connectivity index (χ3n) is 5.62. The largest absolute Gasteiger partial charge is 0.507 e. The third-order valence-corrected chi connectivity index (χ3v) is 5.62. The summed E-state index contributed by atoms with van der Waals surface area (Å²) in [5.74, 6) is 1.07. The first kappa shape index (κ1) is 21.1. The molecule has 164 valence electrons. The molecule has 0 bridgehead atoms. The highest BCUT2D eigenvalue weighted by atomic mass is 16.3. The maximum atomic E-state index is 10.5. The van der Waals surface area contributed by atoms with Crippen LogP contribution in [0.3, 0.4) is 0 Å². The van der Waals surface area contributed by atoms with Crippen LogP contribution in [0.15, 0.2) is 24.4 Å². The van der Waals surface area contributed by atoms with Crippen LogP contribution >= 0.6 is 0 Å². The number of aryl methyl sites for hydroxylation is 1. The molecule has 4 rings (SSSR count). The number of benzene rings is 1. The van der Waals surface area contributed by atoms with Gasteiger partial charge in [-0.3, -0.25) is 0 Å². The smallest absolute Gasteiger partial charge is 0.245 e. The fourth-order valence-corrected chi connectivity index (χ4v) is 4.55. The summed E-state index contributed by atoms with van der Waals surface area (Å²) in [5, 5.41) is 34.8. The monoisotopic (exact) mass is 423 g/mol. The Morgan fingerprint density at radius 3 is 2.35 bits per heavy atom. The van der Waals surface area contributed by atoms with E-state index in [1.165, 1.54) is 4.80 Å². The molecule has 3 aromatic rings. The molecular formula is C21H29N9O. The van der Waals surface area contributed by atoms with Crippen molar-refractivity contribution in [1.29, 1.82) is 0 Å². The molecule has 1 aliphatic rings. The zero-order valence-electron chi connectivity index (χ0n) is 18.8. The maximum Gasteiger partial charge on any atom is 0.245 e. The number of aromatic hydroxyl groups is 1. The molecule has 10 nitrogen and oxygen atoms in total. The number of piperidine rings is 1. The van der Waals surface area contributed by atoms with Crippen molar-refractivity contribution in [2.45, 2.75) is 57.7 Å². The molecular weight excluding hydrogens is 394 g/mol. The van der Waals surface area contributed by atoms with Crippen LogP contribution in [0.1, 0.15) is 40.5 Å². The first-order valence-electron chi connectivity index (χ1n) is 10.3. The average Bonchev–Trinajstić information content (AvgIpc) is 3.11. The van der Waals surface area contributed by atoms with Crippen molar-refractivity contribution in [2.24, 2.45) is 7.05 Å². The van der Waals surface area contributed by atoms with E-state index < -0.39 is 0 Å². The summed E-state index contributed by atoms with van der Waals surface area (Å²) in [4.78, 5) is 8.01. The number of anilines is 1. The first-order valence-corrected chi connectivity index (χ1v) is 10.3. The van der Waals surface area contributed by atoms with Crippen LogP contribution in [-0.4, -0.2) is 64.7 Å². The maximum absolute atomic E-state index is 10.5. The van der Waals surface area contributed by atoms with E-state index in [4.69, 9.17) is 0 Å². The minimum absolute atomic E-state index is 0.0274. The van der Waals surface area contributed by atoms with Crippen molar-refractivity contribution in [2.75, 3.05) is 11.9 Å². The zero-order valence-corrected chi connectivity index (χ0v) is 18.8. The van der Waals surface area contributed by atoms with Gasteiger partial charge in [-0.2, -0.15) is 4.80 Å². The van der Waals surface area contributed by atoms with Gasteiger partial charge in [-0.05, 0) is 57.9 Å². The van der Waals surface area contributed by atoms with E-state index in [0.29, 0.717) is 34.6 Å². The number of hydrogen-bond acceptors (Lipinski definition) is 9. The van der Waals surface area contributed by atoms with Gasteiger partial charge in [-0.1, -0.05) is 6.07 Å². The van der Waals surface area contributed by atoms with Crippen molar-refractivity contribution in [3.63, 3.8) is 0 Å². The van der Waals surface area contributed by atoms with Gasteiger partial charge in [0, 0.05) is 35.3 Å². The fourth-order valence-electron chi connectivity index (χ4n) is 4.55. The fraction of sp³-hybridized carbons (Fsp3) is 0.524. The van der Waals surface area contributed by atoms with E-state index in [9.17, 15) is 5.11 Å². The highest BCUT2D eigenvalue weighted by Gasteiger charge is 2.39. The summed E-state index contributed by atoms with van der Waals surface area (Å²) in [6.45, 7) is 8.89. The van der Waals surface area contributed by atoms with Crippen LogP contribution < -0.4 is 10.2 Å². The molecule has 0 unspecified atom stereocenters. The molecule has 2 N–H and O–H groups in total. The number of phenolic OH excluding ortho intramolecular Hbond substituents is 1. The second-order valence-corrected chi connectivity index (χ2v) is 9.54. The van der Waals surface area contributed by atoms with Crippen LogP contribution in [0.5, 0.6) is 5.75 Å². The number of nitrogens with one attached hydrogen (secondary N) is 1. The SMILES string of the molecule is CN(c1ncc(-c2ccc(-c3nnn(C)n3)cc2O)nn1)C1CC(C)(C)NC(C)(C)C1. The summed E-state index contributed by atoms with van der Waals surface area (Å²) in [7, 11) is 3.70. The molecule has 2 aromatic heterocycles. The topological polar surface area (TPSA) is 118 Å². The number of nitrogens with zero attached hydrogens (tertiary/aromatic N) is 8. The lowest BCUT2D eigenvalue weighted by molar-refractivity contribution is 0.160. The standard InChI is InChI=1S/C21H29N9O/c1-20(2)10-14(11-21(3,4)27-20)29(5)19-22-12-16(23-25-19)15-8-7-13(9-17(15)31)18-24-28-30(6)26-18/h7-9,12,14,27,31H,10-11H2,1-6H3. The lowest BCUT2D eigenvalue weighted by Gasteiger charge is -2.48. The minimum Gasteiger partial charge on any atom is -0.507 e. The van der Waals surface area contributed by atoms with Crippen LogP contribution in [0.2, 0.25) is 0 Å². The molecule has 3 heterocycles. The van der Waals surface area contributed by atoms with E-state index in [1.807, 2.05) is 13.1 Å². The quantitative estimate of drug-likeness (QED) is 0.651. The Kier molecular flexibility index (Phi) is 5.12. The zero-order chi connectivity index (χ0) is 22.4. The Morgan fingerprint density at radius 1 is 1.10 bits per heavy atom. The van der Waals surface area contributed by atoms with Crippen LogP contribution in [0.25, 0.3) is 22.6 Å². The van der Waals surface area contributed by atoms with E-state index in [2.05, 4.69) is 68.5 Å². The van der Waals surface area contributed by atoms with Gasteiger partial charge in [0.1, 0.15) is 11.4 Å². The van der Waals surface area contributed by atoms with Gasteiger partial charge in [0.15, 0.2) is 0 Å². The molecule has 1 aliphatic heterocycles. The van der Waals surface area contributed by atoms with Gasteiger partial charge in [-0.25, -0.2) is 4.98 Å². The van der Waals surface area contributed by atoms with Gasteiger partial charge in [0.05, 0.1) is 13.2 Å². The summed E-state index contributed by atoms with van der Waals surface area (Å²) in [6.07, 6.45) is 3.61. The van der Waals surface area contributed by atoms with Gasteiger partial charge < -0.3 is 15.3 Å². The normalized spacial score (nSPS) is 18.1. The molecule has 1 saturated heterocycles. The third kappa shape index (κ3) is 4.48. The van der Waals surface area contributed by atoms with Crippen LogP contribution in [0, 0.1) is 0 Å². The molecule has 10 heteroatoms. The van der Waals surface area contributed by atoms with Gasteiger partial charge in [0.2, 0.25) is 11.8 Å². The summed E-state index contributed by atoms with van der Waals surface area (Å²) >= 11 is 0. The molecule has 0 aliphatic carbocycles. The molecule has 1 aromatic carbocycles. The summed E-state index contributed by atoms with van der Waals surface area (Å²) in [5.41, 5.74) is 1.77. The highest BCUT2D eigenvalue weighted by molar-refractivity contribution is 5.71. The molecule has 0 radical (unpaired) electrons. The second-order valence-electron chi connectivity index (χ2n) is 9.54. The molecule has 0 amide bonds. The highest BCUT2D eigenvalue weighted by Crippen LogP contribution is 2.33. The number of phenols is 1. The average molecular weight is 424 g/mol. The number of tetrazole rings is 1. The Balaban J connectivity index is 1.54. The number of aromatic nitrogens is 7. The minimum atomic E-state index is 0.0274. The summed E-state index contributed by atoms with van der Waals surface area (Å²) in [6, 6.07) is 5.46. The van der Waals surface area contributed by atoms with Gasteiger partial charge in [0.25, 0.3) is 0 Å².